The summed E-state index contributed by atoms with van der Waals surface area (Å²) in [5.41, 5.74) is 0.0709. The van der Waals surface area contributed by atoms with Gasteiger partial charge in [0, 0.05) is 6.07 Å². The Hall–Kier alpha value is -2.90. The lowest BCUT2D eigenvalue weighted by Crippen LogP contribution is -2.22. The first-order valence-electron chi connectivity index (χ1n) is 6.85. The van der Waals surface area contributed by atoms with Gasteiger partial charge in [-0.25, -0.2) is 13.2 Å². The molecule has 2 aromatic rings. The number of carbonyl (C=O) groups excluding carboxylic acids is 1. The fourth-order valence-electron chi connectivity index (χ4n) is 1.93. The third kappa shape index (κ3) is 3.89. The maximum atomic E-state index is 13.5. The highest BCUT2D eigenvalue weighted by Crippen LogP contribution is 2.29. The van der Waals surface area contributed by atoms with Crippen molar-refractivity contribution in [2.45, 2.75) is 0 Å². The summed E-state index contributed by atoms with van der Waals surface area (Å²) in [6.07, 6.45) is 0. The van der Waals surface area contributed by atoms with Crippen LogP contribution in [0.2, 0.25) is 0 Å². The molecule has 0 spiro atoms. The molecule has 0 radical (unpaired) electrons. The highest BCUT2D eigenvalue weighted by Gasteiger charge is 2.14. The van der Waals surface area contributed by atoms with E-state index in [0.29, 0.717) is 17.2 Å². The molecule has 24 heavy (non-hydrogen) atoms. The van der Waals surface area contributed by atoms with Gasteiger partial charge in [0.05, 0.1) is 32.1 Å². The maximum absolute atomic E-state index is 13.5. The Morgan fingerprint density at radius 3 is 2.38 bits per heavy atom. The first-order chi connectivity index (χ1) is 11.5. The molecule has 0 aromatic heterocycles. The van der Waals surface area contributed by atoms with Gasteiger partial charge >= 0.3 is 0 Å². The summed E-state index contributed by atoms with van der Waals surface area (Å²) in [5, 5.41) is 4.96. The van der Waals surface area contributed by atoms with Crippen LogP contribution in [0.5, 0.6) is 11.5 Å². The molecule has 0 saturated heterocycles. The molecule has 2 rings (SSSR count). The molecule has 2 N–H and O–H groups in total. The number of hydrogen-bond donors (Lipinski definition) is 2. The smallest absolute Gasteiger partial charge is 0.243 e. The molecular weight excluding hydrogens is 325 g/mol. The number of amides is 1. The van der Waals surface area contributed by atoms with Crippen molar-refractivity contribution in [1.82, 2.24) is 0 Å². The SMILES string of the molecule is COc1ccc(NC(=O)CNc2ccc(F)c(F)c2F)c(OC)c1. The van der Waals surface area contributed by atoms with Gasteiger partial charge in [0.25, 0.3) is 0 Å². The monoisotopic (exact) mass is 340 g/mol. The number of rotatable bonds is 6. The first kappa shape index (κ1) is 17.5. The van der Waals surface area contributed by atoms with Crippen molar-refractivity contribution >= 4 is 17.3 Å². The third-order valence-corrected chi connectivity index (χ3v) is 3.16. The predicted molar refractivity (Wildman–Crippen MR) is 83.0 cm³/mol. The molecule has 1 amide bonds. The minimum Gasteiger partial charge on any atom is -0.497 e. The summed E-state index contributed by atoms with van der Waals surface area (Å²) in [4.78, 5) is 11.9. The van der Waals surface area contributed by atoms with E-state index in [2.05, 4.69) is 10.6 Å². The minimum absolute atomic E-state index is 0.314. The number of ether oxygens (including phenoxy) is 2. The van der Waals surface area contributed by atoms with Gasteiger partial charge in [0.1, 0.15) is 11.5 Å². The van der Waals surface area contributed by atoms with Crippen molar-refractivity contribution in [2.24, 2.45) is 0 Å². The summed E-state index contributed by atoms with van der Waals surface area (Å²) in [6.45, 7) is -0.350. The summed E-state index contributed by atoms with van der Waals surface area (Å²) in [5.74, 6) is -3.89. The Balaban J connectivity index is 2.03. The van der Waals surface area contributed by atoms with Gasteiger partial charge in [-0.3, -0.25) is 4.79 Å². The van der Waals surface area contributed by atoms with Crippen LogP contribution in [0.1, 0.15) is 0 Å². The van der Waals surface area contributed by atoms with Crippen LogP contribution in [0.15, 0.2) is 30.3 Å². The Morgan fingerprint density at radius 2 is 1.71 bits per heavy atom. The van der Waals surface area contributed by atoms with Crippen molar-refractivity contribution in [3.8, 4) is 11.5 Å². The number of benzene rings is 2. The molecule has 0 bridgehead atoms. The van der Waals surface area contributed by atoms with E-state index in [9.17, 15) is 18.0 Å². The molecule has 0 heterocycles. The Labute approximate surface area is 136 Å². The van der Waals surface area contributed by atoms with Crippen LogP contribution >= 0.6 is 0 Å². The summed E-state index contributed by atoms with van der Waals surface area (Å²) in [6, 6.07) is 6.56. The van der Waals surface area contributed by atoms with Crippen molar-refractivity contribution in [3.05, 3.63) is 47.8 Å². The van der Waals surface area contributed by atoms with Crippen LogP contribution in [0.4, 0.5) is 24.5 Å². The topological polar surface area (TPSA) is 59.6 Å². The number of methoxy groups -OCH3 is 2. The molecule has 0 saturated carbocycles. The number of nitrogens with one attached hydrogen (secondary N) is 2. The van der Waals surface area contributed by atoms with Crippen LogP contribution in [0.3, 0.4) is 0 Å². The van der Waals surface area contributed by atoms with Gasteiger partial charge in [0.15, 0.2) is 17.5 Å². The molecule has 2 aromatic carbocycles. The number of anilines is 2. The summed E-state index contributed by atoms with van der Waals surface area (Å²) >= 11 is 0. The predicted octanol–water partition coefficient (Wildman–Crippen LogP) is 3.17. The number of hydrogen-bond acceptors (Lipinski definition) is 4. The number of halogens is 3. The van der Waals surface area contributed by atoms with E-state index in [0.717, 1.165) is 12.1 Å². The lowest BCUT2D eigenvalue weighted by Gasteiger charge is -2.12. The minimum atomic E-state index is -1.60. The van der Waals surface area contributed by atoms with Crippen LogP contribution in [-0.2, 0) is 4.79 Å². The summed E-state index contributed by atoms with van der Waals surface area (Å²) < 4.78 is 49.6. The molecule has 0 fully saturated rings. The Kier molecular flexibility index (Phi) is 5.51. The van der Waals surface area contributed by atoms with Crippen molar-refractivity contribution in [3.63, 3.8) is 0 Å². The maximum Gasteiger partial charge on any atom is 0.243 e. The molecule has 5 nitrogen and oxygen atoms in total. The molecule has 128 valence electrons. The van der Waals surface area contributed by atoms with Crippen LogP contribution in [0.25, 0.3) is 0 Å². The lowest BCUT2D eigenvalue weighted by atomic mass is 10.2. The van der Waals surface area contributed by atoms with E-state index in [1.807, 2.05) is 0 Å². The van der Waals surface area contributed by atoms with Crippen molar-refractivity contribution in [1.29, 1.82) is 0 Å². The molecular formula is C16H15F3N2O3. The van der Waals surface area contributed by atoms with Crippen LogP contribution < -0.4 is 20.1 Å². The van der Waals surface area contributed by atoms with Crippen LogP contribution in [0, 0.1) is 17.5 Å². The fraction of sp³-hybridized carbons (Fsp3) is 0.188. The zero-order valence-electron chi connectivity index (χ0n) is 13.0. The zero-order chi connectivity index (χ0) is 17.7. The average Bonchev–Trinajstić information content (AvgIpc) is 2.59. The third-order valence-electron chi connectivity index (χ3n) is 3.16. The highest BCUT2D eigenvalue weighted by molar-refractivity contribution is 5.95. The second kappa shape index (κ2) is 7.58. The van der Waals surface area contributed by atoms with Gasteiger partial charge in [-0.1, -0.05) is 0 Å². The Bertz CT molecular complexity index is 754. The number of carbonyl (C=O) groups is 1. The van der Waals surface area contributed by atoms with Gasteiger partial charge in [-0.15, -0.1) is 0 Å². The average molecular weight is 340 g/mol. The molecule has 0 aliphatic heterocycles. The molecule has 8 heteroatoms. The van der Waals surface area contributed by atoms with Crippen molar-refractivity contribution in [2.75, 3.05) is 31.4 Å². The standard InChI is InChI=1S/C16H15F3N2O3/c1-23-9-3-5-11(13(7-9)24-2)21-14(22)8-20-12-6-4-10(17)15(18)16(12)19/h3-7,20H,8H2,1-2H3,(H,21,22). The Morgan fingerprint density at radius 1 is 1.00 bits per heavy atom. The van der Waals surface area contributed by atoms with E-state index in [-0.39, 0.29) is 12.2 Å². The molecule has 0 aliphatic carbocycles. The highest BCUT2D eigenvalue weighted by atomic mass is 19.2. The normalized spacial score (nSPS) is 10.2. The first-order valence-corrected chi connectivity index (χ1v) is 6.85. The molecule has 0 atom stereocenters. The zero-order valence-corrected chi connectivity index (χ0v) is 13.0. The van der Waals surface area contributed by atoms with Gasteiger partial charge in [0.2, 0.25) is 5.91 Å². The second-order valence-electron chi connectivity index (χ2n) is 4.69. The largest absolute Gasteiger partial charge is 0.497 e. The summed E-state index contributed by atoms with van der Waals surface area (Å²) in [7, 11) is 2.92. The van der Waals surface area contributed by atoms with E-state index in [1.165, 1.54) is 14.2 Å². The fourth-order valence-corrected chi connectivity index (χ4v) is 1.93. The van der Waals surface area contributed by atoms with Crippen molar-refractivity contribution < 1.29 is 27.4 Å². The van der Waals surface area contributed by atoms with Gasteiger partial charge in [-0.2, -0.15) is 0 Å². The van der Waals surface area contributed by atoms with Gasteiger partial charge < -0.3 is 20.1 Å². The molecule has 0 aliphatic rings. The van der Waals surface area contributed by atoms with Gasteiger partial charge in [-0.05, 0) is 24.3 Å². The van der Waals surface area contributed by atoms with E-state index < -0.39 is 23.4 Å². The van der Waals surface area contributed by atoms with E-state index >= 15 is 0 Å². The quantitative estimate of drug-likeness (QED) is 0.793. The second-order valence-corrected chi connectivity index (χ2v) is 4.69. The van der Waals surface area contributed by atoms with E-state index in [1.54, 1.807) is 18.2 Å². The lowest BCUT2D eigenvalue weighted by molar-refractivity contribution is -0.114. The van der Waals surface area contributed by atoms with E-state index in [4.69, 9.17) is 9.47 Å². The molecule has 0 unspecified atom stereocenters. The van der Waals surface area contributed by atoms with Crippen LogP contribution in [-0.4, -0.2) is 26.7 Å².